The second-order valence-corrected chi connectivity index (χ2v) is 3.59. The molecule has 1 heterocycles. The van der Waals surface area contributed by atoms with Crippen molar-refractivity contribution >= 4 is 0 Å². The number of hydrogen-bond acceptors (Lipinski definition) is 2. The van der Waals surface area contributed by atoms with Crippen LogP contribution >= 0.6 is 0 Å². The van der Waals surface area contributed by atoms with Crippen molar-refractivity contribution in [2.75, 3.05) is 19.6 Å². The Hall–Kier alpha value is -0.0800. The van der Waals surface area contributed by atoms with E-state index in [0.29, 0.717) is 6.17 Å². The highest BCUT2D eigenvalue weighted by Crippen LogP contribution is 2.10. The van der Waals surface area contributed by atoms with Gasteiger partial charge >= 0.3 is 0 Å². The van der Waals surface area contributed by atoms with Crippen molar-refractivity contribution in [2.45, 2.75) is 45.7 Å². The Morgan fingerprint density at radius 2 is 2.25 bits per heavy atom. The van der Waals surface area contributed by atoms with Gasteiger partial charge in [-0.15, -0.1) is 0 Å². The van der Waals surface area contributed by atoms with Crippen LogP contribution in [0.5, 0.6) is 0 Å². The number of unbranched alkanes of at least 4 members (excludes halogenated alkanes) is 1. The highest BCUT2D eigenvalue weighted by molar-refractivity contribution is 4.74. The van der Waals surface area contributed by atoms with Crippen LogP contribution in [0.1, 0.15) is 39.5 Å². The van der Waals surface area contributed by atoms with Crippen molar-refractivity contribution in [1.29, 1.82) is 0 Å². The molecule has 0 bridgehead atoms. The van der Waals surface area contributed by atoms with E-state index in [1.807, 2.05) is 0 Å². The van der Waals surface area contributed by atoms with E-state index in [-0.39, 0.29) is 0 Å². The van der Waals surface area contributed by atoms with E-state index in [4.69, 9.17) is 0 Å². The van der Waals surface area contributed by atoms with E-state index in [2.05, 4.69) is 24.1 Å². The van der Waals surface area contributed by atoms with Gasteiger partial charge in [-0.25, -0.2) is 0 Å². The molecule has 0 spiro atoms. The minimum atomic E-state index is 0.682. The molecule has 2 nitrogen and oxygen atoms in total. The molecular formula is C10H22N2. The minimum absolute atomic E-state index is 0.682. The third-order valence-electron chi connectivity index (χ3n) is 2.68. The zero-order valence-corrected chi connectivity index (χ0v) is 8.47. The van der Waals surface area contributed by atoms with Crippen LogP contribution in [0.3, 0.4) is 0 Å². The minimum Gasteiger partial charge on any atom is -0.302 e. The highest BCUT2D eigenvalue weighted by Gasteiger charge is 2.19. The van der Waals surface area contributed by atoms with Crippen LogP contribution in [-0.4, -0.2) is 30.7 Å². The maximum atomic E-state index is 3.54. The maximum absolute atomic E-state index is 3.54. The molecule has 72 valence electrons. The Kier molecular flexibility index (Phi) is 4.62. The zero-order valence-electron chi connectivity index (χ0n) is 8.47. The van der Waals surface area contributed by atoms with Crippen LogP contribution in [0.25, 0.3) is 0 Å². The van der Waals surface area contributed by atoms with E-state index in [1.54, 1.807) is 0 Å². The van der Waals surface area contributed by atoms with E-state index >= 15 is 0 Å². The molecule has 12 heavy (non-hydrogen) atoms. The lowest BCUT2D eigenvalue weighted by molar-refractivity contribution is 0.188. The summed E-state index contributed by atoms with van der Waals surface area (Å²) in [7, 11) is 0. The van der Waals surface area contributed by atoms with Gasteiger partial charge in [0.15, 0.2) is 0 Å². The molecule has 1 unspecified atom stereocenters. The first-order valence-corrected chi connectivity index (χ1v) is 5.36. The molecule has 1 saturated heterocycles. The third-order valence-corrected chi connectivity index (χ3v) is 2.68. The van der Waals surface area contributed by atoms with Gasteiger partial charge in [-0.1, -0.05) is 20.3 Å². The zero-order chi connectivity index (χ0) is 8.81. The molecule has 0 amide bonds. The predicted molar refractivity (Wildman–Crippen MR) is 53.2 cm³/mol. The Bertz CT molecular complexity index is 108. The molecule has 1 fully saturated rings. The summed E-state index contributed by atoms with van der Waals surface area (Å²) in [5, 5.41) is 3.54. The molecule has 0 aliphatic carbocycles. The Morgan fingerprint density at radius 3 is 2.75 bits per heavy atom. The highest BCUT2D eigenvalue weighted by atomic mass is 15.3. The van der Waals surface area contributed by atoms with Gasteiger partial charge in [0.25, 0.3) is 0 Å². The summed E-state index contributed by atoms with van der Waals surface area (Å²) in [6, 6.07) is 0. The molecule has 2 heteroatoms. The summed E-state index contributed by atoms with van der Waals surface area (Å²) >= 11 is 0. The quantitative estimate of drug-likeness (QED) is 0.677. The van der Waals surface area contributed by atoms with Crippen molar-refractivity contribution < 1.29 is 0 Å². The molecule has 1 aliphatic heterocycles. The first-order valence-electron chi connectivity index (χ1n) is 5.36. The maximum Gasteiger partial charge on any atom is 0.0597 e. The molecule has 1 atom stereocenters. The number of nitrogens with one attached hydrogen (secondary N) is 1. The third kappa shape index (κ3) is 2.76. The fourth-order valence-corrected chi connectivity index (χ4v) is 1.87. The average Bonchev–Trinajstić information content (AvgIpc) is 2.59. The average molecular weight is 170 g/mol. The second-order valence-electron chi connectivity index (χ2n) is 3.59. The number of hydrogen-bond donors (Lipinski definition) is 1. The van der Waals surface area contributed by atoms with Crippen LogP contribution in [0.4, 0.5) is 0 Å². The van der Waals surface area contributed by atoms with E-state index in [0.717, 1.165) is 0 Å². The normalized spacial score (nSPS) is 23.8. The summed E-state index contributed by atoms with van der Waals surface area (Å²) in [4.78, 5) is 2.57. The first-order chi connectivity index (χ1) is 5.88. The Morgan fingerprint density at radius 1 is 1.42 bits per heavy atom. The number of rotatable bonds is 5. The lowest BCUT2D eigenvalue weighted by Gasteiger charge is -2.27. The van der Waals surface area contributed by atoms with Gasteiger partial charge in [0, 0.05) is 0 Å². The Balaban J connectivity index is 2.22. The molecule has 0 aromatic rings. The Labute approximate surface area is 76.3 Å². The summed E-state index contributed by atoms with van der Waals surface area (Å²) in [5.41, 5.74) is 0. The molecule has 0 aromatic heterocycles. The molecular weight excluding hydrogens is 148 g/mol. The smallest absolute Gasteiger partial charge is 0.0597 e. The van der Waals surface area contributed by atoms with Gasteiger partial charge in [-0.2, -0.15) is 0 Å². The molecule has 1 aliphatic rings. The van der Waals surface area contributed by atoms with Crippen molar-refractivity contribution in [3.63, 3.8) is 0 Å². The fraction of sp³-hybridized carbons (Fsp3) is 1.00. The topological polar surface area (TPSA) is 15.3 Å². The van der Waals surface area contributed by atoms with E-state index in [9.17, 15) is 0 Å². The SMILES string of the molecule is CCCCN(CC)C1CCCN1. The molecule has 1 rings (SSSR count). The molecule has 0 aromatic carbocycles. The van der Waals surface area contributed by atoms with Gasteiger partial charge in [-0.05, 0) is 38.9 Å². The van der Waals surface area contributed by atoms with Crippen molar-refractivity contribution in [2.24, 2.45) is 0 Å². The van der Waals surface area contributed by atoms with Crippen LogP contribution in [0.2, 0.25) is 0 Å². The van der Waals surface area contributed by atoms with Crippen LogP contribution in [-0.2, 0) is 0 Å². The van der Waals surface area contributed by atoms with Crippen molar-refractivity contribution in [1.82, 2.24) is 10.2 Å². The fourth-order valence-electron chi connectivity index (χ4n) is 1.87. The van der Waals surface area contributed by atoms with Gasteiger partial charge in [0.05, 0.1) is 6.17 Å². The largest absolute Gasteiger partial charge is 0.302 e. The summed E-state index contributed by atoms with van der Waals surface area (Å²) in [5.74, 6) is 0. The summed E-state index contributed by atoms with van der Waals surface area (Å²) in [6.07, 6.45) is 6.03. The lowest BCUT2D eigenvalue weighted by Crippen LogP contribution is -2.42. The second kappa shape index (κ2) is 5.55. The van der Waals surface area contributed by atoms with Gasteiger partial charge < -0.3 is 5.32 Å². The molecule has 0 saturated carbocycles. The van der Waals surface area contributed by atoms with E-state index < -0.39 is 0 Å². The lowest BCUT2D eigenvalue weighted by atomic mass is 10.2. The van der Waals surface area contributed by atoms with Gasteiger partial charge in [-0.3, -0.25) is 4.90 Å². The van der Waals surface area contributed by atoms with Gasteiger partial charge in [0.2, 0.25) is 0 Å². The standard InChI is InChI=1S/C10H22N2/c1-3-5-9-12(4-2)10-7-6-8-11-10/h10-11H,3-9H2,1-2H3. The summed E-state index contributed by atoms with van der Waals surface area (Å²) < 4.78 is 0. The van der Waals surface area contributed by atoms with Crippen molar-refractivity contribution in [3.05, 3.63) is 0 Å². The van der Waals surface area contributed by atoms with Crippen LogP contribution < -0.4 is 5.32 Å². The van der Waals surface area contributed by atoms with Crippen LogP contribution in [0.15, 0.2) is 0 Å². The van der Waals surface area contributed by atoms with E-state index in [1.165, 1.54) is 45.3 Å². The van der Waals surface area contributed by atoms with Gasteiger partial charge in [0.1, 0.15) is 0 Å². The van der Waals surface area contributed by atoms with Crippen LogP contribution in [0, 0.1) is 0 Å². The van der Waals surface area contributed by atoms with Crippen molar-refractivity contribution in [3.8, 4) is 0 Å². The molecule has 0 radical (unpaired) electrons. The number of nitrogens with zero attached hydrogens (tertiary/aromatic N) is 1. The molecule has 1 N–H and O–H groups in total. The first kappa shape index (κ1) is 10.0. The summed E-state index contributed by atoms with van der Waals surface area (Å²) in [6.45, 7) is 8.20. The predicted octanol–water partition coefficient (Wildman–Crippen LogP) is 1.82. The monoisotopic (exact) mass is 170 g/mol.